The number of fused-ring (bicyclic) bond motifs is 1. The Balaban J connectivity index is 2.18. The van der Waals surface area contributed by atoms with E-state index >= 15 is 0 Å². The van der Waals surface area contributed by atoms with Crippen molar-refractivity contribution in [2.24, 2.45) is 0 Å². The first-order chi connectivity index (χ1) is 7.32. The van der Waals surface area contributed by atoms with Crippen LogP contribution in [0.15, 0.2) is 0 Å². The molecule has 0 aliphatic carbocycles. The summed E-state index contributed by atoms with van der Waals surface area (Å²) in [6.07, 6.45) is 3.72. The fraction of sp³-hybridized carbons (Fsp3) is 1.00. The fourth-order valence-electron chi connectivity index (χ4n) is 3.12. The van der Waals surface area contributed by atoms with Gasteiger partial charge >= 0.3 is 0 Å². The largest absolute Gasteiger partial charge is 0.378 e. The molecule has 2 saturated heterocycles. The van der Waals surface area contributed by atoms with Crippen molar-refractivity contribution in [1.82, 2.24) is 10.2 Å². The predicted octanol–water partition coefficient (Wildman–Crippen LogP) is 1.24. The Hall–Kier alpha value is -0.120. The summed E-state index contributed by atoms with van der Waals surface area (Å²) in [5.74, 6) is 0. The van der Waals surface area contributed by atoms with Crippen LogP contribution in [0, 0.1) is 0 Å². The SMILES string of the molecule is CCC1(CC)CNCCC2COCCN21. The summed E-state index contributed by atoms with van der Waals surface area (Å²) < 4.78 is 5.61. The van der Waals surface area contributed by atoms with Crippen molar-refractivity contribution in [2.75, 3.05) is 32.8 Å². The molecule has 0 aromatic rings. The van der Waals surface area contributed by atoms with Gasteiger partial charge in [-0.3, -0.25) is 4.90 Å². The summed E-state index contributed by atoms with van der Waals surface area (Å²) in [5, 5.41) is 3.60. The van der Waals surface area contributed by atoms with E-state index in [2.05, 4.69) is 24.1 Å². The molecule has 2 fully saturated rings. The number of hydrogen-bond donors (Lipinski definition) is 1. The van der Waals surface area contributed by atoms with E-state index in [0.29, 0.717) is 11.6 Å². The standard InChI is InChI=1S/C12H24N2O/c1-3-12(4-2)10-13-6-5-11-9-15-8-7-14(11)12/h11,13H,3-10H2,1-2H3. The normalized spacial score (nSPS) is 32.0. The third-order valence-electron chi connectivity index (χ3n) is 4.26. The Morgan fingerprint density at radius 2 is 2.20 bits per heavy atom. The van der Waals surface area contributed by atoms with Crippen molar-refractivity contribution in [3.63, 3.8) is 0 Å². The van der Waals surface area contributed by atoms with E-state index in [-0.39, 0.29) is 0 Å². The van der Waals surface area contributed by atoms with Gasteiger partial charge in [-0.15, -0.1) is 0 Å². The number of rotatable bonds is 2. The van der Waals surface area contributed by atoms with Crippen molar-refractivity contribution in [2.45, 2.75) is 44.7 Å². The highest BCUT2D eigenvalue weighted by molar-refractivity contribution is 4.97. The molecule has 15 heavy (non-hydrogen) atoms. The van der Waals surface area contributed by atoms with E-state index in [0.717, 1.165) is 32.8 Å². The van der Waals surface area contributed by atoms with Gasteiger partial charge in [0, 0.05) is 24.7 Å². The number of nitrogens with zero attached hydrogens (tertiary/aromatic N) is 1. The maximum absolute atomic E-state index is 5.61. The summed E-state index contributed by atoms with van der Waals surface area (Å²) in [4.78, 5) is 2.72. The van der Waals surface area contributed by atoms with Gasteiger partial charge in [0.25, 0.3) is 0 Å². The molecule has 88 valence electrons. The summed E-state index contributed by atoms with van der Waals surface area (Å²) in [6, 6.07) is 0.647. The van der Waals surface area contributed by atoms with Crippen LogP contribution in [-0.2, 0) is 4.74 Å². The first-order valence-electron chi connectivity index (χ1n) is 6.37. The predicted molar refractivity (Wildman–Crippen MR) is 62.1 cm³/mol. The van der Waals surface area contributed by atoms with E-state index < -0.39 is 0 Å². The van der Waals surface area contributed by atoms with Crippen LogP contribution in [0.3, 0.4) is 0 Å². The van der Waals surface area contributed by atoms with Crippen molar-refractivity contribution in [3.05, 3.63) is 0 Å². The lowest BCUT2D eigenvalue weighted by Gasteiger charge is -2.47. The van der Waals surface area contributed by atoms with E-state index in [1.54, 1.807) is 0 Å². The molecule has 0 radical (unpaired) electrons. The van der Waals surface area contributed by atoms with Crippen molar-refractivity contribution < 1.29 is 4.74 Å². The molecule has 2 heterocycles. The third-order valence-corrected chi connectivity index (χ3v) is 4.26. The Morgan fingerprint density at radius 1 is 1.40 bits per heavy atom. The maximum atomic E-state index is 5.61. The molecule has 0 aromatic heterocycles. The second-order valence-electron chi connectivity index (χ2n) is 4.82. The number of hydrogen-bond acceptors (Lipinski definition) is 3. The highest BCUT2D eigenvalue weighted by atomic mass is 16.5. The Morgan fingerprint density at radius 3 is 2.93 bits per heavy atom. The summed E-state index contributed by atoms with van der Waals surface area (Å²) in [6.45, 7) is 9.91. The second kappa shape index (κ2) is 4.81. The first kappa shape index (κ1) is 11.4. The lowest BCUT2D eigenvalue weighted by atomic mass is 9.89. The number of morpholine rings is 1. The van der Waals surface area contributed by atoms with Crippen LogP contribution in [0.1, 0.15) is 33.1 Å². The lowest BCUT2D eigenvalue weighted by molar-refractivity contribution is -0.0618. The molecule has 0 bridgehead atoms. The highest BCUT2D eigenvalue weighted by Gasteiger charge is 2.40. The van der Waals surface area contributed by atoms with E-state index in [1.807, 2.05) is 0 Å². The van der Waals surface area contributed by atoms with Gasteiger partial charge < -0.3 is 10.1 Å². The molecular weight excluding hydrogens is 188 g/mol. The number of nitrogens with one attached hydrogen (secondary N) is 1. The Labute approximate surface area is 93.2 Å². The maximum Gasteiger partial charge on any atom is 0.0623 e. The van der Waals surface area contributed by atoms with Gasteiger partial charge in [0.05, 0.1) is 13.2 Å². The molecule has 2 aliphatic heterocycles. The molecule has 0 aromatic carbocycles. The molecule has 0 amide bonds. The molecular formula is C12H24N2O. The zero-order valence-electron chi connectivity index (χ0n) is 10.1. The minimum atomic E-state index is 0.380. The average Bonchev–Trinajstić information content (AvgIpc) is 2.49. The molecule has 2 aliphatic rings. The lowest BCUT2D eigenvalue weighted by Crippen LogP contribution is -2.59. The molecule has 0 saturated carbocycles. The molecule has 0 spiro atoms. The van der Waals surface area contributed by atoms with Gasteiger partial charge in [0.15, 0.2) is 0 Å². The van der Waals surface area contributed by atoms with Crippen molar-refractivity contribution >= 4 is 0 Å². The second-order valence-corrected chi connectivity index (χ2v) is 4.82. The fourth-order valence-corrected chi connectivity index (χ4v) is 3.12. The summed E-state index contributed by atoms with van der Waals surface area (Å²) in [7, 11) is 0. The zero-order valence-corrected chi connectivity index (χ0v) is 10.1. The third kappa shape index (κ3) is 2.05. The molecule has 1 N–H and O–H groups in total. The molecule has 1 unspecified atom stereocenters. The van der Waals surface area contributed by atoms with Crippen LogP contribution in [-0.4, -0.2) is 49.3 Å². The van der Waals surface area contributed by atoms with Gasteiger partial charge in [-0.05, 0) is 25.8 Å². The molecule has 1 atom stereocenters. The quantitative estimate of drug-likeness (QED) is 0.745. The van der Waals surface area contributed by atoms with Gasteiger partial charge in [-0.1, -0.05) is 13.8 Å². The van der Waals surface area contributed by atoms with Gasteiger partial charge in [0.1, 0.15) is 0 Å². The topological polar surface area (TPSA) is 24.5 Å². The van der Waals surface area contributed by atoms with Crippen LogP contribution in [0.5, 0.6) is 0 Å². The van der Waals surface area contributed by atoms with E-state index in [1.165, 1.54) is 19.3 Å². The van der Waals surface area contributed by atoms with Gasteiger partial charge in [-0.2, -0.15) is 0 Å². The Kier molecular flexibility index (Phi) is 3.65. The smallest absolute Gasteiger partial charge is 0.0623 e. The van der Waals surface area contributed by atoms with Gasteiger partial charge in [-0.25, -0.2) is 0 Å². The van der Waals surface area contributed by atoms with Crippen LogP contribution in [0.2, 0.25) is 0 Å². The monoisotopic (exact) mass is 212 g/mol. The average molecular weight is 212 g/mol. The molecule has 3 nitrogen and oxygen atoms in total. The van der Waals surface area contributed by atoms with Gasteiger partial charge in [0.2, 0.25) is 0 Å². The molecule has 2 rings (SSSR count). The summed E-state index contributed by atoms with van der Waals surface area (Å²) >= 11 is 0. The Bertz CT molecular complexity index is 204. The van der Waals surface area contributed by atoms with Crippen LogP contribution in [0.25, 0.3) is 0 Å². The van der Waals surface area contributed by atoms with E-state index in [4.69, 9.17) is 4.74 Å². The summed E-state index contributed by atoms with van der Waals surface area (Å²) in [5.41, 5.74) is 0.380. The van der Waals surface area contributed by atoms with Crippen LogP contribution < -0.4 is 5.32 Å². The first-order valence-corrected chi connectivity index (χ1v) is 6.37. The van der Waals surface area contributed by atoms with Crippen LogP contribution >= 0.6 is 0 Å². The minimum Gasteiger partial charge on any atom is -0.378 e. The minimum absolute atomic E-state index is 0.380. The number of ether oxygens (including phenoxy) is 1. The van der Waals surface area contributed by atoms with Crippen molar-refractivity contribution in [1.29, 1.82) is 0 Å². The van der Waals surface area contributed by atoms with Crippen LogP contribution in [0.4, 0.5) is 0 Å². The van der Waals surface area contributed by atoms with Crippen molar-refractivity contribution in [3.8, 4) is 0 Å². The highest BCUT2D eigenvalue weighted by Crippen LogP contribution is 2.30. The zero-order chi connectivity index (χ0) is 10.7. The van der Waals surface area contributed by atoms with E-state index in [9.17, 15) is 0 Å². The molecule has 3 heteroatoms.